The molecule has 0 atom stereocenters. The second kappa shape index (κ2) is 5.41. The summed E-state index contributed by atoms with van der Waals surface area (Å²) in [7, 11) is 1.41. The van der Waals surface area contributed by atoms with Crippen molar-refractivity contribution >= 4 is 17.3 Å². The van der Waals surface area contributed by atoms with Gasteiger partial charge in [-0.3, -0.25) is 4.79 Å². The summed E-state index contributed by atoms with van der Waals surface area (Å²) >= 11 is 1.66. The Bertz CT molecular complexity index is 361. The summed E-state index contributed by atoms with van der Waals surface area (Å²) in [5.41, 5.74) is -0.492. The minimum Gasteiger partial charge on any atom is -0.469 e. The number of aromatic nitrogens is 1. The molecule has 90 valence electrons. The van der Waals surface area contributed by atoms with Gasteiger partial charge in [0, 0.05) is 24.2 Å². The third kappa shape index (κ3) is 3.57. The number of aryl methyl sites for hydroxylation is 1. The van der Waals surface area contributed by atoms with Gasteiger partial charge in [0.05, 0.1) is 17.5 Å². The summed E-state index contributed by atoms with van der Waals surface area (Å²) in [5, 5.41) is 4.30. The third-order valence-electron chi connectivity index (χ3n) is 2.27. The van der Waals surface area contributed by atoms with Crippen LogP contribution in [-0.4, -0.2) is 24.6 Å². The monoisotopic (exact) mass is 242 g/mol. The number of thiazole rings is 1. The van der Waals surface area contributed by atoms with Crippen molar-refractivity contribution in [3.05, 3.63) is 16.1 Å². The molecule has 0 bridgehead atoms. The van der Waals surface area contributed by atoms with Crippen LogP contribution in [0, 0.1) is 12.3 Å². The van der Waals surface area contributed by atoms with Gasteiger partial charge in [-0.15, -0.1) is 11.3 Å². The lowest BCUT2D eigenvalue weighted by Gasteiger charge is -2.21. The van der Waals surface area contributed by atoms with Crippen molar-refractivity contribution in [1.29, 1.82) is 0 Å². The van der Waals surface area contributed by atoms with E-state index in [1.807, 2.05) is 27.0 Å². The number of hydrogen-bond donors (Lipinski definition) is 1. The molecular formula is C11H18N2O2S. The zero-order chi connectivity index (χ0) is 12.2. The van der Waals surface area contributed by atoms with E-state index in [4.69, 9.17) is 4.74 Å². The van der Waals surface area contributed by atoms with E-state index in [1.165, 1.54) is 12.0 Å². The molecule has 1 N–H and O–H groups in total. The largest absolute Gasteiger partial charge is 0.469 e. The maximum absolute atomic E-state index is 11.4. The van der Waals surface area contributed by atoms with Crippen LogP contribution in [0.4, 0.5) is 0 Å². The molecule has 0 unspecified atom stereocenters. The molecule has 1 aromatic rings. The molecular weight excluding hydrogens is 224 g/mol. The Balaban J connectivity index is 2.38. The maximum atomic E-state index is 11.4. The predicted molar refractivity (Wildman–Crippen MR) is 64.4 cm³/mol. The van der Waals surface area contributed by atoms with E-state index in [1.54, 1.807) is 11.3 Å². The van der Waals surface area contributed by atoms with Crippen LogP contribution in [0.1, 0.15) is 23.7 Å². The van der Waals surface area contributed by atoms with Gasteiger partial charge in [0.15, 0.2) is 0 Å². The summed E-state index contributed by atoms with van der Waals surface area (Å²) in [6.07, 6.45) is 1.86. The summed E-state index contributed by atoms with van der Waals surface area (Å²) in [4.78, 5) is 16.8. The van der Waals surface area contributed by atoms with Gasteiger partial charge in [-0.25, -0.2) is 4.98 Å². The Morgan fingerprint density at radius 2 is 2.31 bits per heavy atom. The van der Waals surface area contributed by atoms with Crippen molar-refractivity contribution in [3.63, 3.8) is 0 Å². The standard InChI is InChI=1S/C11H18N2O2S/c1-8-13-6-9(16-8)5-12-7-11(2,3)10(14)15-4/h6,12H,5,7H2,1-4H3. The van der Waals surface area contributed by atoms with Crippen molar-refractivity contribution in [3.8, 4) is 0 Å². The summed E-state index contributed by atoms with van der Waals surface area (Å²) < 4.78 is 4.73. The Hall–Kier alpha value is -0.940. The number of nitrogens with zero attached hydrogens (tertiary/aromatic N) is 1. The lowest BCUT2D eigenvalue weighted by molar-refractivity contribution is -0.150. The Labute approximate surface area is 100 Å². The van der Waals surface area contributed by atoms with Crippen LogP contribution >= 0.6 is 11.3 Å². The molecule has 0 aliphatic rings. The fourth-order valence-electron chi connectivity index (χ4n) is 1.33. The number of rotatable bonds is 5. The molecule has 0 amide bonds. The number of carbonyl (C=O) groups excluding carboxylic acids is 1. The number of methoxy groups -OCH3 is 1. The van der Waals surface area contributed by atoms with Gasteiger partial charge >= 0.3 is 5.97 Å². The molecule has 0 saturated carbocycles. The molecule has 0 spiro atoms. The number of hydrogen-bond acceptors (Lipinski definition) is 5. The highest BCUT2D eigenvalue weighted by molar-refractivity contribution is 7.11. The van der Waals surface area contributed by atoms with Gasteiger partial charge < -0.3 is 10.1 Å². The second-order valence-corrected chi connectivity index (χ2v) is 5.64. The van der Waals surface area contributed by atoms with Crippen molar-refractivity contribution in [1.82, 2.24) is 10.3 Å². The zero-order valence-electron chi connectivity index (χ0n) is 10.2. The van der Waals surface area contributed by atoms with Gasteiger partial charge in [0.25, 0.3) is 0 Å². The fraction of sp³-hybridized carbons (Fsp3) is 0.636. The fourth-order valence-corrected chi connectivity index (χ4v) is 2.10. The first-order valence-electron chi connectivity index (χ1n) is 5.16. The Morgan fingerprint density at radius 3 is 2.81 bits per heavy atom. The van der Waals surface area contributed by atoms with E-state index in [0.717, 1.165) is 11.6 Å². The summed E-state index contributed by atoms with van der Waals surface area (Å²) in [5.74, 6) is -0.194. The van der Waals surface area contributed by atoms with Crippen LogP contribution in [0.15, 0.2) is 6.20 Å². The first kappa shape index (κ1) is 13.1. The van der Waals surface area contributed by atoms with Gasteiger partial charge in [-0.05, 0) is 20.8 Å². The van der Waals surface area contributed by atoms with Crippen LogP contribution in [0.5, 0.6) is 0 Å². The summed E-state index contributed by atoms with van der Waals surface area (Å²) in [6, 6.07) is 0. The number of ether oxygens (including phenoxy) is 1. The highest BCUT2D eigenvalue weighted by Gasteiger charge is 2.27. The molecule has 4 nitrogen and oxygen atoms in total. The highest BCUT2D eigenvalue weighted by Crippen LogP contribution is 2.16. The molecule has 0 fully saturated rings. The van der Waals surface area contributed by atoms with Gasteiger partial charge in [-0.1, -0.05) is 0 Å². The molecule has 0 aliphatic carbocycles. The average Bonchev–Trinajstić information content (AvgIpc) is 2.62. The quantitative estimate of drug-likeness (QED) is 0.799. The molecule has 5 heteroatoms. The molecule has 0 saturated heterocycles. The molecule has 16 heavy (non-hydrogen) atoms. The number of carbonyl (C=O) groups is 1. The first-order chi connectivity index (χ1) is 7.45. The van der Waals surface area contributed by atoms with E-state index in [-0.39, 0.29) is 5.97 Å². The minimum absolute atomic E-state index is 0.194. The van der Waals surface area contributed by atoms with Crippen molar-refractivity contribution in [2.45, 2.75) is 27.3 Å². The lowest BCUT2D eigenvalue weighted by atomic mass is 9.94. The van der Waals surface area contributed by atoms with Gasteiger partial charge in [-0.2, -0.15) is 0 Å². The SMILES string of the molecule is COC(=O)C(C)(C)CNCc1cnc(C)s1. The molecule has 1 aromatic heterocycles. The Morgan fingerprint density at radius 1 is 1.62 bits per heavy atom. The second-order valence-electron chi connectivity index (χ2n) is 4.32. The third-order valence-corrected chi connectivity index (χ3v) is 3.19. The zero-order valence-corrected chi connectivity index (χ0v) is 11.0. The maximum Gasteiger partial charge on any atom is 0.312 e. The van der Waals surface area contributed by atoms with E-state index in [9.17, 15) is 4.79 Å². The lowest BCUT2D eigenvalue weighted by Crippen LogP contribution is -2.36. The Kier molecular flexibility index (Phi) is 4.44. The minimum atomic E-state index is -0.492. The van der Waals surface area contributed by atoms with E-state index >= 15 is 0 Å². The highest BCUT2D eigenvalue weighted by atomic mass is 32.1. The van der Waals surface area contributed by atoms with Crippen LogP contribution in [0.25, 0.3) is 0 Å². The van der Waals surface area contributed by atoms with E-state index in [2.05, 4.69) is 10.3 Å². The first-order valence-corrected chi connectivity index (χ1v) is 5.98. The van der Waals surface area contributed by atoms with E-state index in [0.29, 0.717) is 6.54 Å². The van der Waals surface area contributed by atoms with Crippen LogP contribution in [0.2, 0.25) is 0 Å². The van der Waals surface area contributed by atoms with Crippen LogP contribution in [-0.2, 0) is 16.1 Å². The topological polar surface area (TPSA) is 51.2 Å². The summed E-state index contributed by atoms with van der Waals surface area (Å²) in [6.45, 7) is 7.04. The van der Waals surface area contributed by atoms with Crippen LogP contribution in [0.3, 0.4) is 0 Å². The van der Waals surface area contributed by atoms with Gasteiger partial charge in [0.2, 0.25) is 0 Å². The van der Waals surface area contributed by atoms with Crippen molar-refractivity contribution in [2.75, 3.05) is 13.7 Å². The molecule has 1 rings (SSSR count). The molecule has 0 aromatic carbocycles. The normalized spacial score (nSPS) is 11.5. The number of esters is 1. The smallest absolute Gasteiger partial charge is 0.312 e. The average molecular weight is 242 g/mol. The number of nitrogens with one attached hydrogen (secondary N) is 1. The van der Waals surface area contributed by atoms with Crippen molar-refractivity contribution < 1.29 is 9.53 Å². The molecule has 1 heterocycles. The van der Waals surface area contributed by atoms with Gasteiger partial charge in [0.1, 0.15) is 0 Å². The molecule has 0 radical (unpaired) electrons. The van der Waals surface area contributed by atoms with Crippen LogP contribution < -0.4 is 5.32 Å². The predicted octanol–water partition coefficient (Wildman–Crippen LogP) is 1.74. The van der Waals surface area contributed by atoms with Crippen molar-refractivity contribution in [2.24, 2.45) is 5.41 Å². The molecule has 0 aliphatic heterocycles. The van der Waals surface area contributed by atoms with E-state index < -0.39 is 5.41 Å².